The van der Waals surface area contributed by atoms with Crippen molar-refractivity contribution in [2.75, 3.05) is 5.32 Å². The summed E-state index contributed by atoms with van der Waals surface area (Å²) in [6, 6.07) is 12.0. The zero-order chi connectivity index (χ0) is 11.5. The molecular formula is C13H10F2NTi. The average Bonchev–Trinajstić information content (AvgIpc) is 2.25. The summed E-state index contributed by atoms with van der Waals surface area (Å²) in [5.74, 6) is -1.42. The van der Waals surface area contributed by atoms with Gasteiger partial charge in [-0.05, 0) is 31.2 Å². The van der Waals surface area contributed by atoms with Gasteiger partial charge in [0, 0.05) is 27.4 Å². The molecule has 0 aromatic heterocycles. The van der Waals surface area contributed by atoms with Crippen molar-refractivity contribution < 1.29 is 30.5 Å². The third-order valence-corrected chi connectivity index (χ3v) is 2.19. The van der Waals surface area contributed by atoms with E-state index < -0.39 is 11.6 Å². The number of rotatable bonds is 2. The fraction of sp³-hybridized carbons (Fsp3) is 0.0769. The fourth-order valence-corrected chi connectivity index (χ4v) is 1.33. The third-order valence-electron chi connectivity index (χ3n) is 2.19. The second-order valence-corrected chi connectivity index (χ2v) is 3.52. The Morgan fingerprint density at radius 3 is 2.24 bits per heavy atom. The van der Waals surface area contributed by atoms with Crippen molar-refractivity contribution in [1.29, 1.82) is 0 Å². The summed E-state index contributed by atoms with van der Waals surface area (Å²) in [5.41, 5.74) is 2.09. The van der Waals surface area contributed by atoms with Crippen LogP contribution in [-0.4, -0.2) is 0 Å². The van der Waals surface area contributed by atoms with Gasteiger partial charge in [-0.2, -0.15) is 0 Å². The number of halogens is 2. The van der Waals surface area contributed by atoms with E-state index in [1.165, 1.54) is 12.1 Å². The van der Waals surface area contributed by atoms with Crippen molar-refractivity contribution in [2.24, 2.45) is 0 Å². The predicted octanol–water partition coefficient (Wildman–Crippen LogP) is 3.81. The summed E-state index contributed by atoms with van der Waals surface area (Å²) < 4.78 is 25.9. The quantitative estimate of drug-likeness (QED) is 0.815. The number of benzene rings is 2. The minimum atomic E-state index is -0.722. The monoisotopic (exact) mass is 266 g/mol. The first-order valence-electron chi connectivity index (χ1n) is 4.86. The summed E-state index contributed by atoms with van der Waals surface area (Å²) in [4.78, 5) is 0. The molecule has 0 heterocycles. The maximum absolute atomic E-state index is 13.3. The molecule has 17 heavy (non-hydrogen) atoms. The Kier molecular flexibility index (Phi) is 4.85. The standard InChI is InChI=1S/C13H10F2N.Ti/c1-9-2-5-11(6-3-9)16-13-7-4-10(14)8-12(13)15;/h2-7,16H,1H3;. The summed E-state index contributed by atoms with van der Waals surface area (Å²) in [6.07, 6.45) is 0. The second kappa shape index (κ2) is 5.94. The van der Waals surface area contributed by atoms with Crippen molar-refractivity contribution in [3.8, 4) is 0 Å². The van der Waals surface area contributed by atoms with E-state index in [1.807, 2.05) is 37.3 Å². The maximum Gasteiger partial charge on any atom is 0.157 e. The average molecular weight is 266 g/mol. The Morgan fingerprint density at radius 2 is 1.65 bits per heavy atom. The normalized spacial score (nSPS) is 9.59. The van der Waals surface area contributed by atoms with E-state index in [0.717, 1.165) is 11.3 Å². The van der Waals surface area contributed by atoms with Crippen LogP contribution in [-0.2, 0) is 21.7 Å². The number of hydrogen-bond donors (Lipinski definition) is 1. The van der Waals surface area contributed by atoms with Crippen LogP contribution in [0.1, 0.15) is 5.56 Å². The van der Waals surface area contributed by atoms with Crippen LogP contribution < -0.4 is 5.32 Å². The topological polar surface area (TPSA) is 12.0 Å². The van der Waals surface area contributed by atoms with Gasteiger partial charge in [-0.1, -0.05) is 17.7 Å². The SMILES string of the molecule is Cc1ccc(Nc2ccc(F)[c]c2F)cc1.[Ti]. The Morgan fingerprint density at radius 1 is 1.00 bits per heavy atom. The number of nitrogens with one attached hydrogen (secondary N) is 1. The van der Waals surface area contributed by atoms with Gasteiger partial charge in [0.1, 0.15) is 5.82 Å². The van der Waals surface area contributed by atoms with Crippen LogP contribution >= 0.6 is 0 Å². The van der Waals surface area contributed by atoms with E-state index in [9.17, 15) is 8.78 Å². The van der Waals surface area contributed by atoms with Gasteiger partial charge in [0.2, 0.25) is 0 Å². The molecule has 4 heteroatoms. The first kappa shape index (κ1) is 13.9. The molecule has 0 aliphatic carbocycles. The fourth-order valence-electron chi connectivity index (χ4n) is 1.33. The van der Waals surface area contributed by atoms with Crippen LogP contribution in [0.4, 0.5) is 20.2 Å². The molecule has 0 unspecified atom stereocenters. The zero-order valence-corrected chi connectivity index (χ0v) is 10.8. The molecule has 1 nitrogen and oxygen atoms in total. The molecule has 2 aromatic rings. The maximum atomic E-state index is 13.3. The van der Waals surface area contributed by atoms with E-state index >= 15 is 0 Å². The minimum absolute atomic E-state index is 0. The van der Waals surface area contributed by atoms with Gasteiger partial charge in [0.15, 0.2) is 5.82 Å². The number of aryl methyl sites for hydroxylation is 1. The molecule has 1 N–H and O–H groups in total. The van der Waals surface area contributed by atoms with Gasteiger partial charge >= 0.3 is 0 Å². The van der Waals surface area contributed by atoms with Crippen LogP contribution in [0.3, 0.4) is 0 Å². The van der Waals surface area contributed by atoms with E-state index in [2.05, 4.69) is 5.32 Å². The van der Waals surface area contributed by atoms with Crippen LogP contribution in [0.5, 0.6) is 0 Å². The largest absolute Gasteiger partial charge is 0.353 e. The molecule has 0 fully saturated rings. The first-order chi connectivity index (χ1) is 7.65. The van der Waals surface area contributed by atoms with E-state index in [1.54, 1.807) is 0 Å². The van der Waals surface area contributed by atoms with Gasteiger partial charge < -0.3 is 5.32 Å². The minimum Gasteiger partial charge on any atom is -0.353 e. The molecule has 0 amide bonds. The van der Waals surface area contributed by atoms with Crippen molar-refractivity contribution >= 4 is 11.4 Å². The smallest absolute Gasteiger partial charge is 0.157 e. The Bertz CT molecular complexity index is 497. The summed E-state index contributed by atoms with van der Waals surface area (Å²) >= 11 is 0. The Balaban J connectivity index is 0.00000144. The summed E-state index contributed by atoms with van der Waals surface area (Å²) in [7, 11) is 0. The molecule has 2 aromatic carbocycles. The van der Waals surface area contributed by atoms with Gasteiger partial charge in [0.25, 0.3) is 0 Å². The van der Waals surface area contributed by atoms with Crippen LogP contribution in [0, 0.1) is 24.6 Å². The molecule has 85 valence electrons. The van der Waals surface area contributed by atoms with Crippen molar-refractivity contribution in [3.63, 3.8) is 0 Å². The molecule has 0 saturated carbocycles. The van der Waals surface area contributed by atoms with E-state index in [-0.39, 0.29) is 27.4 Å². The third kappa shape index (κ3) is 3.65. The van der Waals surface area contributed by atoms with Crippen LogP contribution in [0.2, 0.25) is 0 Å². The molecule has 0 spiro atoms. The molecule has 0 bridgehead atoms. The van der Waals surface area contributed by atoms with Crippen LogP contribution in [0.25, 0.3) is 0 Å². The summed E-state index contributed by atoms with van der Waals surface area (Å²) in [6.45, 7) is 1.97. The molecule has 0 aliphatic rings. The zero-order valence-electron chi connectivity index (χ0n) is 9.22. The van der Waals surface area contributed by atoms with Gasteiger partial charge in [-0.25, -0.2) is 8.78 Å². The van der Waals surface area contributed by atoms with Crippen molar-refractivity contribution in [3.05, 3.63) is 59.7 Å². The first-order valence-corrected chi connectivity index (χ1v) is 4.86. The molecule has 0 aliphatic heterocycles. The van der Waals surface area contributed by atoms with E-state index in [0.29, 0.717) is 0 Å². The molecule has 2 rings (SSSR count). The van der Waals surface area contributed by atoms with E-state index in [4.69, 9.17) is 0 Å². The second-order valence-electron chi connectivity index (χ2n) is 3.52. The molecular weight excluding hydrogens is 256 g/mol. The van der Waals surface area contributed by atoms with Gasteiger partial charge in [-0.15, -0.1) is 0 Å². The predicted molar refractivity (Wildman–Crippen MR) is 59.7 cm³/mol. The van der Waals surface area contributed by atoms with Crippen molar-refractivity contribution in [1.82, 2.24) is 0 Å². The van der Waals surface area contributed by atoms with Gasteiger partial charge in [0.05, 0.1) is 11.8 Å². The Labute approximate surface area is 114 Å². The van der Waals surface area contributed by atoms with Crippen LogP contribution in [0.15, 0.2) is 36.4 Å². The molecule has 0 saturated heterocycles. The summed E-state index contributed by atoms with van der Waals surface area (Å²) in [5, 5.41) is 2.85. The number of hydrogen-bond acceptors (Lipinski definition) is 1. The van der Waals surface area contributed by atoms with Crippen molar-refractivity contribution in [2.45, 2.75) is 6.92 Å². The molecule has 0 atom stereocenters. The molecule has 1 radical (unpaired) electrons. The number of anilines is 2. The van der Waals surface area contributed by atoms with Gasteiger partial charge in [-0.3, -0.25) is 0 Å². The Hall–Kier alpha value is -1.19.